The van der Waals surface area contributed by atoms with Crippen molar-refractivity contribution in [3.8, 4) is 0 Å². The van der Waals surface area contributed by atoms with Gasteiger partial charge >= 0.3 is 0 Å². The van der Waals surface area contributed by atoms with Gasteiger partial charge in [-0.3, -0.25) is 0 Å². The molecule has 0 atom stereocenters. The van der Waals surface area contributed by atoms with Crippen molar-refractivity contribution in [1.29, 1.82) is 0 Å². The molecule has 0 aliphatic carbocycles. The molecule has 1 saturated heterocycles. The Morgan fingerprint density at radius 3 is 2.59 bits per heavy atom. The van der Waals surface area contributed by atoms with E-state index in [1.807, 2.05) is 6.08 Å². The van der Waals surface area contributed by atoms with Gasteiger partial charge in [0, 0.05) is 25.3 Å². The number of hydrogen-bond donors (Lipinski definition) is 1. The Labute approximate surface area is 104 Å². The van der Waals surface area contributed by atoms with Crippen LogP contribution < -0.4 is 5.32 Å². The molecule has 0 unspecified atom stereocenters. The molecule has 1 aliphatic rings. The van der Waals surface area contributed by atoms with E-state index in [0.29, 0.717) is 0 Å². The first kappa shape index (κ1) is 12.3. The average molecular weight is 231 g/mol. The van der Waals surface area contributed by atoms with Gasteiger partial charge in [-0.15, -0.1) is 6.58 Å². The highest BCUT2D eigenvalue weighted by atomic mass is 16.5. The van der Waals surface area contributed by atoms with Crippen LogP contribution >= 0.6 is 0 Å². The predicted molar refractivity (Wildman–Crippen MR) is 70.9 cm³/mol. The van der Waals surface area contributed by atoms with Gasteiger partial charge in [-0.25, -0.2) is 0 Å². The van der Waals surface area contributed by atoms with E-state index < -0.39 is 0 Å². The van der Waals surface area contributed by atoms with E-state index in [4.69, 9.17) is 4.74 Å². The summed E-state index contributed by atoms with van der Waals surface area (Å²) in [4.78, 5) is 0. The number of rotatable bonds is 5. The van der Waals surface area contributed by atoms with Crippen molar-refractivity contribution in [1.82, 2.24) is 5.32 Å². The third-order valence-corrected chi connectivity index (χ3v) is 3.50. The molecule has 1 heterocycles. The summed E-state index contributed by atoms with van der Waals surface area (Å²) in [5, 5.41) is 3.70. The highest BCUT2D eigenvalue weighted by Crippen LogP contribution is 2.25. The van der Waals surface area contributed by atoms with Crippen LogP contribution in [0, 0.1) is 0 Å². The van der Waals surface area contributed by atoms with Gasteiger partial charge in [0.2, 0.25) is 0 Å². The molecule has 1 N–H and O–H groups in total. The Bertz CT molecular complexity index is 341. The van der Waals surface area contributed by atoms with Gasteiger partial charge in [0.15, 0.2) is 0 Å². The zero-order valence-electron chi connectivity index (χ0n) is 10.3. The fourth-order valence-corrected chi connectivity index (χ4v) is 2.38. The van der Waals surface area contributed by atoms with E-state index in [0.717, 1.165) is 39.0 Å². The zero-order chi connectivity index (χ0) is 12.0. The Morgan fingerprint density at radius 1 is 1.24 bits per heavy atom. The lowest BCUT2D eigenvalue weighted by molar-refractivity contribution is 0.0384. The highest BCUT2D eigenvalue weighted by Gasteiger charge is 2.30. The maximum Gasteiger partial charge on any atom is 0.0483 e. The van der Waals surface area contributed by atoms with Crippen LogP contribution in [0.3, 0.4) is 0 Å². The second kappa shape index (κ2) is 5.99. The Kier molecular flexibility index (Phi) is 4.35. The fraction of sp³-hybridized carbons (Fsp3) is 0.467. The molecule has 0 amide bonds. The van der Waals surface area contributed by atoms with Crippen LogP contribution in [-0.4, -0.2) is 18.8 Å². The minimum atomic E-state index is 0.190. The van der Waals surface area contributed by atoms with Crippen molar-refractivity contribution in [2.75, 3.05) is 13.2 Å². The largest absolute Gasteiger partial charge is 0.381 e. The average Bonchev–Trinajstić information content (AvgIpc) is 2.39. The number of nitrogens with one attached hydrogen (secondary N) is 1. The van der Waals surface area contributed by atoms with Gasteiger partial charge in [-0.1, -0.05) is 36.4 Å². The summed E-state index contributed by atoms with van der Waals surface area (Å²) < 4.78 is 5.45. The smallest absolute Gasteiger partial charge is 0.0483 e. The Balaban J connectivity index is 1.95. The molecule has 0 bridgehead atoms. The SMILES string of the molecule is C=CCC1(NCc2ccccc2)CCOCC1. The molecule has 1 aliphatic heterocycles. The molecule has 1 aromatic rings. The second-order valence-electron chi connectivity index (χ2n) is 4.72. The van der Waals surface area contributed by atoms with E-state index in [1.165, 1.54) is 5.56 Å². The molecule has 1 aromatic carbocycles. The van der Waals surface area contributed by atoms with E-state index >= 15 is 0 Å². The summed E-state index contributed by atoms with van der Waals surface area (Å²) >= 11 is 0. The van der Waals surface area contributed by atoms with Crippen molar-refractivity contribution in [2.45, 2.75) is 31.3 Å². The molecule has 0 saturated carbocycles. The third-order valence-electron chi connectivity index (χ3n) is 3.50. The Morgan fingerprint density at radius 2 is 1.94 bits per heavy atom. The minimum Gasteiger partial charge on any atom is -0.381 e. The summed E-state index contributed by atoms with van der Waals surface area (Å²) in [7, 11) is 0. The molecule has 2 rings (SSSR count). The van der Waals surface area contributed by atoms with Crippen molar-refractivity contribution in [3.05, 3.63) is 48.6 Å². The molecular weight excluding hydrogens is 210 g/mol. The normalized spacial score (nSPS) is 18.8. The highest BCUT2D eigenvalue weighted by molar-refractivity contribution is 5.15. The van der Waals surface area contributed by atoms with E-state index in [-0.39, 0.29) is 5.54 Å². The van der Waals surface area contributed by atoms with Gasteiger partial charge in [-0.2, -0.15) is 0 Å². The number of ether oxygens (including phenoxy) is 1. The molecule has 1 fully saturated rings. The Hall–Kier alpha value is -1.12. The van der Waals surface area contributed by atoms with Crippen LogP contribution in [0.4, 0.5) is 0 Å². The lowest BCUT2D eigenvalue weighted by atomic mass is 9.86. The van der Waals surface area contributed by atoms with E-state index in [2.05, 4.69) is 42.2 Å². The van der Waals surface area contributed by atoms with Crippen molar-refractivity contribution in [3.63, 3.8) is 0 Å². The van der Waals surface area contributed by atoms with Crippen molar-refractivity contribution >= 4 is 0 Å². The molecule has 2 nitrogen and oxygen atoms in total. The van der Waals surface area contributed by atoms with Crippen LogP contribution in [0.15, 0.2) is 43.0 Å². The summed E-state index contributed by atoms with van der Waals surface area (Å²) in [5.41, 5.74) is 1.53. The van der Waals surface area contributed by atoms with Gasteiger partial charge in [-0.05, 0) is 24.8 Å². The zero-order valence-corrected chi connectivity index (χ0v) is 10.3. The van der Waals surface area contributed by atoms with Crippen molar-refractivity contribution < 1.29 is 4.74 Å². The van der Waals surface area contributed by atoms with Gasteiger partial charge in [0.25, 0.3) is 0 Å². The molecule has 92 valence electrons. The minimum absolute atomic E-state index is 0.190. The van der Waals surface area contributed by atoms with Gasteiger partial charge < -0.3 is 10.1 Å². The predicted octanol–water partition coefficient (Wildman–Crippen LogP) is 2.90. The van der Waals surface area contributed by atoms with E-state index in [1.54, 1.807) is 0 Å². The number of benzene rings is 1. The topological polar surface area (TPSA) is 21.3 Å². The lowest BCUT2D eigenvalue weighted by Crippen LogP contribution is -2.48. The summed E-state index contributed by atoms with van der Waals surface area (Å²) in [6, 6.07) is 10.5. The quantitative estimate of drug-likeness (QED) is 0.787. The van der Waals surface area contributed by atoms with Crippen LogP contribution in [0.25, 0.3) is 0 Å². The molecule has 2 heteroatoms. The van der Waals surface area contributed by atoms with Crippen molar-refractivity contribution in [2.24, 2.45) is 0 Å². The first-order valence-corrected chi connectivity index (χ1v) is 6.32. The summed E-state index contributed by atoms with van der Waals surface area (Å²) in [6.45, 7) is 6.51. The molecule has 17 heavy (non-hydrogen) atoms. The molecule has 0 aromatic heterocycles. The maximum absolute atomic E-state index is 5.45. The summed E-state index contributed by atoms with van der Waals surface area (Å²) in [6.07, 6.45) is 5.18. The summed E-state index contributed by atoms with van der Waals surface area (Å²) in [5.74, 6) is 0. The fourth-order valence-electron chi connectivity index (χ4n) is 2.38. The first-order valence-electron chi connectivity index (χ1n) is 6.32. The molecule has 0 radical (unpaired) electrons. The van der Waals surface area contributed by atoms with Crippen LogP contribution in [0.1, 0.15) is 24.8 Å². The lowest BCUT2D eigenvalue weighted by Gasteiger charge is -2.37. The van der Waals surface area contributed by atoms with Crippen LogP contribution in [0.5, 0.6) is 0 Å². The standard InChI is InChI=1S/C15H21NO/c1-2-8-15(9-11-17-12-10-15)16-13-14-6-4-3-5-7-14/h2-7,16H,1,8-13H2. The monoisotopic (exact) mass is 231 g/mol. The number of hydrogen-bond acceptors (Lipinski definition) is 2. The van der Waals surface area contributed by atoms with Gasteiger partial charge in [0.1, 0.15) is 0 Å². The first-order chi connectivity index (χ1) is 8.35. The van der Waals surface area contributed by atoms with E-state index in [9.17, 15) is 0 Å². The van der Waals surface area contributed by atoms with Crippen LogP contribution in [0.2, 0.25) is 0 Å². The maximum atomic E-state index is 5.45. The van der Waals surface area contributed by atoms with Gasteiger partial charge in [0.05, 0.1) is 0 Å². The molecule has 0 spiro atoms. The van der Waals surface area contributed by atoms with Crippen LogP contribution in [-0.2, 0) is 11.3 Å². The molecular formula is C15H21NO. The second-order valence-corrected chi connectivity index (χ2v) is 4.72. The third kappa shape index (κ3) is 3.42.